The van der Waals surface area contributed by atoms with Crippen molar-refractivity contribution in [1.82, 2.24) is 0 Å². The van der Waals surface area contributed by atoms with Gasteiger partial charge >= 0.3 is 34.1 Å². The third-order valence-electron chi connectivity index (χ3n) is 6.81. The molecule has 0 aliphatic carbocycles. The van der Waals surface area contributed by atoms with E-state index >= 15 is 0 Å². The average molecular weight is 877 g/mol. The number of para-hydroxylation sites is 8. The van der Waals surface area contributed by atoms with Gasteiger partial charge in [-0.05, 0) is 46.5 Å². The molecule has 0 radical (unpaired) electrons. The number of aliphatic imine (C=N–C) groups is 4. The molecule has 0 spiro atoms. The Kier molecular flexibility index (Phi) is 30.3. The molecule has 0 atom stereocenters. The Labute approximate surface area is 359 Å². The van der Waals surface area contributed by atoms with Crippen molar-refractivity contribution in [1.29, 1.82) is 0 Å². The standard InChI is InChI=1S/2C20H16N2O2.2Mn.2N3.3H2O/c2*23-19-11-5-1-7-15(19)13-21-17-9-3-4-10-18(17)22-14-16-8-2-6-12-20(16)24;;;2*1-3-2;;;/h2*1-14,23-24H;;;;;3*1H2/q;;2*+3;2*-1;;;/p-4. The minimum absolute atomic E-state index is 0. The van der Waals surface area contributed by atoms with Crippen molar-refractivity contribution >= 4 is 47.6 Å². The van der Waals surface area contributed by atoms with Crippen LogP contribution in [0.15, 0.2) is 166 Å². The van der Waals surface area contributed by atoms with Crippen molar-refractivity contribution in [3.8, 4) is 23.0 Å². The zero-order valence-electron chi connectivity index (χ0n) is 30.5. The Morgan fingerprint density at radius 3 is 0.644 bits per heavy atom. The quantitative estimate of drug-likeness (QED) is 0.0590. The van der Waals surface area contributed by atoms with Gasteiger partial charge in [-0.25, -0.2) is 0 Å². The number of rotatable bonds is 8. The van der Waals surface area contributed by atoms with Crippen molar-refractivity contribution < 1.29 is 71.0 Å². The second-order valence-corrected chi connectivity index (χ2v) is 10.3. The molecule has 0 heterocycles. The summed E-state index contributed by atoms with van der Waals surface area (Å²) in [6, 6.07) is 41.4. The topological polar surface area (TPSA) is 354 Å². The smallest absolute Gasteiger partial charge is 0.872 e. The van der Waals surface area contributed by atoms with Crippen LogP contribution < -0.4 is 20.4 Å². The van der Waals surface area contributed by atoms with Crippen molar-refractivity contribution in [2.24, 2.45) is 20.0 Å². The Balaban J connectivity index is -0.000000872. The van der Waals surface area contributed by atoms with Crippen LogP contribution in [0.3, 0.4) is 0 Å². The Hall–Kier alpha value is -7.26. The van der Waals surface area contributed by atoms with E-state index in [4.69, 9.17) is 22.1 Å². The van der Waals surface area contributed by atoms with Crippen LogP contribution in [0.25, 0.3) is 31.9 Å². The fourth-order valence-electron chi connectivity index (χ4n) is 4.27. The second kappa shape index (κ2) is 31.9. The van der Waals surface area contributed by atoms with Gasteiger partial charge in [0.2, 0.25) is 0 Å². The first kappa shape index (κ1) is 56.1. The molecule has 300 valence electrons. The van der Waals surface area contributed by atoms with Crippen LogP contribution in [-0.2, 0) is 34.1 Å². The molecular formula is C40H34Mn2N10O7. The third-order valence-corrected chi connectivity index (χ3v) is 6.81. The first-order valence-electron chi connectivity index (χ1n) is 15.7. The number of hydrogen-bond donors (Lipinski definition) is 0. The molecule has 19 heteroatoms. The number of benzene rings is 6. The summed E-state index contributed by atoms with van der Waals surface area (Å²) in [5.74, 6) is -0.324. The number of nitrogens with zero attached hydrogens (tertiary/aromatic N) is 10. The molecule has 0 bridgehead atoms. The SMILES string of the molecule is O.O.O.[Mn+3].[Mn+3].[N-]=[N+]=[N-].[N-]=[N+]=[N-].[O-]c1ccccc1C=Nc1ccccc1N=Cc1ccccc1[O-].[O-]c1ccccc1C=Nc1ccccc1N=Cc1ccccc1[O-]. The van der Waals surface area contributed by atoms with E-state index in [-0.39, 0.29) is 73.6 Å². The largest absolute Gasteiger partial charge is 3.00 e. The monoisotopic (exact) mass is 876 g/mol. The van der Waals surface area contributed by atoms with Crippen molar-refractivity contribution in [3.05, 3.63) is 200 Å². The maximum Gasteiger partial charge on any atom is 3.00 e. The van der Waals surface area contributed by atoms with E-state index in [1.807, 2.05) is 24.3 Å². The molecular weight excluding hydrogens is 842 g/mol. The normalized spacial score (nSPS) is 9.49. The molecule has 0 unspecified atom stereocenters. The van der Waals surface area contributed by atoms with E-state index in [0.717, 1.165) is 0 Å². The molecule has 0 saturated carbocycles. The molecule has 6 rings (SSSR count). The van der Waals surface area contributed by atoms with Crippen molar-refractivity contribution in [3.63, 3.8) is 0 Å². The van der Waals surface area contributed by atoms with Crippen LogP contribution in [0.5, 0.6) is 23.0 Å². The Morgan fingerprint density at radius 2 is 0.475 bits per heavy atom. The first-order valence-corrected chi connectivity index (χ1v) is 15.7. The fraction of sp³-hybridized carbons (Fsp3) is 0. The minimum atomic E-state index is -0.0810. The van der Waals surface area contributed by atoms with Crippen LogP contribution >= 0.6 is 0 Å². The number of hydrogen-bond acceptors (Lipinski definition) is 8. The maximum absolute atomic E-state index is 11.7. The van der Waals surface area contributed by atoms with E-state index in [0.29, 0.717) is 45.0 Å². The minimum Gasteiger partial charge on any atom is -0.872 e. The van der Waals surface area contributed by atoms with Gasteiger partial charge in [-0.2, -0.15) is 0 Å². The third kappa shape index (κ3) is 19.4. The second-order valence-electron chi connectivity index (χ2n) is 10.3. The predicted molar refractivity (Wildman–Crippen MR) is 216 cm³/mol. The zero-order chi connectivity index (χ0) is 39.0. The molecule has 0 saturated heterocycles. The van der Waals surface area contributed by atoms with Gasteiger partial charge in [-0.1, -0.05) is 121 Å². The van der Waals surface area contributed by atoms with Gasteiger partial charge in [-0.15, -0.1) is 23.0 Å². The first-order chi connectivity index (χ1) is 26.3. The van der Waals surface area contributed by atoms with E-state index in [1.54, 1.807) is 97.1 Å². The maximum atomic E-state index is 11.7. The van der Waals surface area contributed by atoms with Crippen LogP contribution in [0.1, 0.15) is 22.3 Å². The Bertz CT molecular complexity index is 2020. The average Bonchev–Trinajstić information content (AvgIpc) is 3.18. The van der Waals surface area contributed by atoms with Gasteiger partial charge < -0.3 is 59.0 Å². The van der Waals surface area contributed by atoms with Crippen molar-refractivity contribution in [2.75, 3.05) is 0 Å². The summed E-state index contributed by atoms with van der Waals surface area (Å²) >= 11 is 0. The summed E-state index contributed by atoms with van der Waals surface area (Å²) in [5.41, 5.74) is 31.6. The summed E-state index contributed by atoms with van der Waals surface area (Å²) < 4.78 is 0. The summed E-state index contributed by atoms with van der Waals surface area (Å²) in [6.07, 6.45) is 6.10. The van der Waals surface area contributed by atoms with Crippen LogP contribution in [-0.4, -0.2) is 41.3 Å². The molecule has 0 aliphatic heterocycles. The van der Waals surface area contributed by atoms with Crippen molar-refractivity contribution in [2.45, 2.75) is 0 Å². The molecule has 59 heavy (non-hydrogen) atoms. The molecule has 0 aliphatic rings. The molecule has 6 aromatic rings. The molecule has 0 fully saturated rings. The van der Waals surface area contributed by atoms with E-state index < -0.39 is 0 Å². The van der Waals surface area contributed by atoms with Gasteiger partial charge in [0.1, 0.15) is 0 Å². The summed E-state index contributed by atoms with van der Waals surface area (Å²) in [7, 11) is 0. The fourth-order valence-corrected chi connectivity index (χ4v) is 4.27. The van der Waals surface area contributed by atoms with Gasteiger partial charge in [0.25, 0.3) is 0 Å². The Morgan fingerprint density at radius 1 is 0.322 bits per heavy atom. The van der Waals surface area contributed by atoms with E-state index in [9.17, 15) is 20.4 Å². The predicted octanol–water partition coefficient (Wildman–Crippen LogP) is 5.92. The van der Waals surface area contributed by atoms with Gasteiger partial charge in [0.05, 0.1) is 22.7 Å². The van der Waals surface area contributed by atoms with Gasteiger partial charge in [0, 0.05) is 24.9 Å². The summed E-state index contributed by atoms with van der Waals surface area (Å²) in [4.78, 5) is 20.4. The van der Waals surface area contributed by atoms with Crippen LogP contribution in [0.4, 0.5) is 22.7 Å². The molecule has 0 aromatic heterocycles. The van der Waals surface area contributed by atoms with Gasteiger partial charge in [0.15, 0.2) is 0 Å². The van der Waals surface area contributed by atoms with Gasteiger partial charge in [-0.3, -0.25) is 29.8 Å². The molecule has 17 nitrogen and oxygen atoms in total. The van der Waals surface area contributed by atoms with E-state index in [2.05, 4.69) is 20.0 Å². The van der Waals surface area contributed by atoms with E-state index in [1.165, 1.54) is 58.9 Å². The molecule has 0 amide bonds. The molecule has 6 N–H and O–H groups in total. The van der Waals surface area contributed by atoms with Crippen LogP contribution in [0.2, 0.25) is 0 Å². The van der Waals surface area contributed by atoms with Crippen LogP contribution in [0, 0.1) is 0 Å². The summed E-state index contributed by atoms with van der Waals surface area (Å²) in [5, 5.41) is 46.9. The summed E-state index contributed by atoms with van der Waals surface area (Å²) in [6.45, 7) is 0. The zero-order valence-corrected chi connectivity index (χ0v) is 32.9. The molecule has 6 aromatic carbocycles.